The van der Waals surface area contributed by atoms with E-state index in [9.17, 15) is 5.26 Å². The van der Waals surface area contributed by atoms with Gasteiger partial charge in [0.25, 0.3) is 0 Å². The van der Waals surface area contributed by atoms with E-state index in [1.165, 1.54) is 11.8 Å². The summed E-state index contributed by atoms with van der Waals surface area (Å²) in [6.45, 7) is 0. The molecule has 0 atom stereocenters. The lowest BCUT2D eigenvalue weighted by Crippen LogP contribution is -2.00. The van der Waals surface area contributed by atoms with Gasteiger partial charge in [-0.05, 0) is 42.0 Å². The zero-order chi connectivity index (χ0) is 21.1. The van der Waals surface area contributed by atoms with Gasteiger partial charge >= 0.3 is 0 Å². The Kier molecular flexibility index (Phi) is 6.31. The number of halogens is 3. The van der Waals surface area contributed by atoms with E-state index < -0.39 is 0 Å². The van der Waals surface area contributed by atoms with Gasteiger partial charge in [0.2, 0.25) is 0 Å². The van der Waals surface area contributed by atoms with Crippen LogP contribution in [0.3, 0.4) is 0 Å². The highest BCUT2D eigenvalue weighted by atomic mass is 35.5. The first-order chi connectivity index (χ1) is 14.6. The van der Waals surface area contributed by atoms with Crippen LogP contribution in [0.4, 0.5) is 0 Å². The van der Waals surface area contributed by atoms with E-state index in [0.717, 1.165) is 16.8 Å². The molecule has 0 aliphatic rings. The lowest BCUT2D eigenvalue weighted by atomic mass is 10.1. The Morgan fingerprint density at radius 1 is 0.867 bits per heavy atom. The predicted octanol–water partition coefficient (Wildman–Crippen LogP) is 7.06. The first-order valence-corrected chi connectivity index (χ1v) is 11.0. The molecule has 4 aromatic rings. The molecule has 0 saturated heterocycles. The Bertz CT molecular complexity index is 1260. The summed E-state index contributed by atoms with van der Waals surface area (Å²) in [5.74, 6) is 1.15. The van der Waals surface area contributed by atoms with E-state index in [1.807, 2.05) is 47.0 Å². The van der Waals surface area contributed by atoms with Gasteiger partial charge in [0.15, 0.2) is 11.0 Å². The van der Waals surface area contributed by atoms with Gasteiger partial charge in [-0.25, -0.2) is 0 Å². The van der Waals surface area contributed by atoms with Crippen molar-refractivity contribution in [2.75, 3.05) is 0 Å². The van der Waals surface area contributed by atoms with Gasteiger partial charge in [-0.1, -0.05) is 76.9 Å². The normalized spacial score (nSPS) is 10.7. The molecule has 0 aliphatic carbocycles. The third-order valence-corrected chi connectivity index (χ3v) is 6.45. The number of thioether (sulfide) groups is 1. The zero-order valence-electron chi connectivity index (χ0n) is 15.4. The monoisotopic (exact) mass is 470 g/mol. The number of nitrogens with zero attached hydrogens (tertiary/aromatic N) is 4. The van der Waals surface area contributed by atoms with Crippen LogP contribution in [0.2, 0.25) is 15.1 Å². The molecule has 0 unspecified atom stereocenters. The molecule has 0 N–H and O–H groups in total. The first kappa shape index (κ1) is 20.8. The minimum Gasteiger partial charge on any atom is -0.270 e. The zero-order valence-corrected chi connectivity index (χ0v) is 18.5. The highest BCUT2D eigenvalue weighted by Crippen LogP contribution is 2.35. The van der Waals surface area contributed by atoms with Gasteiger partial charge in [-0.2, -0.15) is 5.26 Å². The van der Waals surface area contributed by atoms with Crippen LogP contribution in [0.15, 0.2) is 71.9 Å². The molecule has 8 heteroatoms. The van der Waals surface area contributed by atoms with Crippen molar-refractivity contribution in [1.29, 1.82) is 5.26 Å². The Labute approximate surface area is 193 Å². The highest BCUT2D eigenvalue weighted by Gasteiger charge is 2.19. The number of benzene rings is 3. The van der Waals surface area contributed by atoms with E-state index in [2.05, 4.69) is 16.3 Å². The molecule has 0 radical (unpaired) electrons. The van der Waals surface area contributed by atoms with Gasteiger partial charge in [-0.3, -0.25) is 4.57 Å². The summed E-state index contributed by atoms with van der Waals surface area (Å²) in [5, 5.41) is 20.3. The average molecular weight is 472 g/mol. The molecule has 30 heavy (non-hydrogen) atoms. The summed E-state index contributed by atoms with van der Waals surface area (Å²) in [7, 11) is 0. The third kappa shape index (κ3) is 4.19. The summed E-state index contributed by atoms with van der Waals surface area (Å²) >= 11 is 20.3. The smallest absolute Gasteiger partial charge is 0.196 e. The van der Waals surface area contributed by atoms with Crippen LogP contribution in [-0.4, -0.2) is 14.8 Å². The minimum atomic E-state index is 0.429. The summed E-state index contributed by atoms with van der Waals surface area (Å²) in [4.78, 5) is 0. The Hall–Kier alpha value is -2.49. The van der Waals surface area contributed by atoms with Crippen molar-refractivity contribution in [2.45, 2.75) is 10.9 Å². The molecule has 148 valence electrons. The minimum absolute atomic E-state index is 0.429. The molecule has 0 aliphatic heterocycles. The van der Waals surface area contributed by atoms with Crippen LogP contribution < -0.4 is 0 Å². The quantitative estimate of drug-likeness (QED) is 0.292. The van der Waals surface area contributed by atoms with Crippen molar-refractivity contribution >= 4 is 46.6 Å². The maximum Gasteiger partial charge on any atom is 0.196 e. The molecule has 0 fully saturated rings. The summed E-state index contributed by atoms with van der Waals surface area (Å²) in [6.07, 6.45) is 0. The van der Waals surface area contributed by atoms with E-state index in [1.54, 1.807) is 24.3 Å². The Balaban J connectivity index is 1.80. The maximum absolute atomic E-state index is 9.35. The van der Waals surface area contributed by atoms with Crippen LogP contribution in [0.1, 0.15) is 11.1 Å². The van der Waals surface area contributed by atoms with Crippen molar-refractivity contribution in [2.24, 2.45) is 0 Å². The summed E-state index contributed by atoms with van der Waals surface area (Å²) < 4.78 is 1.89. The van der Waals surface area contributed by atoms with E-state index in [4.69, 9.17) is 34.8 Å². The van der Waals surface area contributed by atoms with Crippen LogP contribution in [-0.2, 0) is 5.75 Å². The van der Waals surface area contributed by atoms with Crippen molar-refractivity contribution in [3.8, 4) is 23.1 Å². The van der Waals surface area contributed by atoms with Crippen LogP contribution in [0.25, 0.3) is 17.1 Å². The standard InChI is InChI=1S/C22H13Cl3N4S/c23-18-8-4-3-7-17(18)21-27-28-22(29(21)16-9-10-19(24)20(25)11-16)30-13-15-6-2-1-5-14(15)12-26/h1-11H,13H2. The molecule has 1 aromatic heterocycles. The molecule has 3 aromatic carbocycles. The van der Waals surface area contributed by atoms with E-state index in [0.29, 0.717) is 37.4 Å². The van der Waals surface area contributed by atoms with E-state index in [-0.39, 0.29) is 0 Å². The van der Waals surface area contributed by atoms with Crippen molar-refractivity contribution in [3.63, 3.8) is 0 Å². The first-order valence-electron chi connectivity index (χ1n) is 8.85. The van der Waals surface area contributed by atoms with Crippen molar-refractivity contribution in [3.05, 3.63) is 92.9 Å². The van der Waals surface area contributed by atoms with Gasteiger partial charge in [-0.15, -0.1) is 10.2 Å². The second kappa shape index (κ2) is 9.11. The van der Waals surface area contributed by atoms with Crippen LogP contribution >= 0.6 is 46.6 Å². The van der Waals surface area contributed by atoms with Crippen molar-refractivity contribution < 1.29 is 0 Å². The molecule has 4 rings (SSSR count). The second-order valence-electron chi connectivity index (χ2n) is 6.28. The molecule has 4 nitrogen and oxygen atoms in total. The predicted molar refractivity (Wildman–Crippen MR) is 123 cm³/mol. The number of nitriles is 1. The number of rotatable bonds is 5. The van der Waals surface area contributed by atoms with Gasteiger partial charge < -0.3 is 0 Å². The molecule has 0 amide bonds. The fourth-order valence-electron chi connectivity index (χ4n) is 2.93. The topological polar surface area (TPSA) is 54.5 Å². The molecular formula is C22H13Cl3N4S. The Morgan fingerprint density at radius 3 is 2.40 bits per heavy atom. The number of hydrogen-bond donors (Lipinski definition) is 0. The average Bonchev–Trinajstić information content (AvgIpc) is 3.18. The van der Waals surface area contributed by atoms with Gasteiger partial charge in [0.05, 0.1) is 32.4 Å². The van der Waals surface area contributed by atoms with Gasteiger partial charge in [0, 0.05) is 11.3 Å². The fraction of sp³-hybridized carbons (Fsp3) is 0.0455. The number of aromatic nitrogens is 3. The molecule has 0 saturated carbocycles. The van der Waals surface area contributed by atoms with Crippen LogP contribution in [0, 0.1) is 11.3 Å². The Morgan fingerprint density at radius 2 is 1.63 bits per heavy atom. The molecule has 0 bridgehead atoms. The van der Waals surface area contributed by atoms with Crippen molar-refractivity contribution in [1.82, 2.24) is 14.8 Å². The fourth-order valence-corrected chi connectivity index (χ4v) is 4.40. The van der Waals surface area contributed by atoms with Gasteiger partial charge in [0.1, 0.15) is 0 Å². The third-order valence-electron chi connectivity index (χ3n) is 4.40. The lowest BCUT2D eigenvalue weighted by Gasteiger charge is -2.12. The SMILES string of the molecule is N#Cc1ccccc1CSc1nnc(-c2ccccc2Cl)n1-c1ccc(Cl)c(Cl)c1. The molecule has 0 spiro atoms. The largest absolute Gasteiger partial charge is 0.270 e. The lowest BCUT2D eigenvalue weighted by molar-refractivity contribution is 0.886. The summed E-state index contributed by atoms with van der Waals surface area (Å²) in [6, 6.07) is 22.5. The maximum atomic E-state index is 9.35. The number of hydrogen-bond acceptors (Lipinski definition) is 4. The molecular weight excluding hydrogens is 459 g/mol. The highest BCUT2D eigenvalue weighted by molar-refractivity contribution is 7.98. The second-order valence-corrected chi connectivity index (χ2v) is 8.44. The van der Waals surface area contributed by atoms with E-state index >= 15 is 0 Å². The summed E-state index contributed by atoms with van der Waals surface area (Å²) in [5.41, 5.74) is 3.08. The van der Waals surface area contributed by atoms with Crippen LogP contribution in [0.5, 0.6) is 0 Å². The molecule has 1 heterocycles.